The number of halogens is 6. The van der Waals surface area contributed by atoms with Crippen molar-refractivity contribution in [3.8, 4) is 11.8 Å². The Labute approximate surface area is 171 Å². The standard InChI is InChI=1S/C20H13F6NO4/c1-30-14-4-2-3-11(7-14)17(15(9-27)18(28)29)31-10-12-5-6-13(19(21,22)23)8-16(12)20(24,25)26/h2-8H,10H2,1H3,(H,28,29). The molecule has 31 heavy (non-hydrogen) atoms. The summed E-state index contributed by atoms with van der Waals surface area (Å²) >= 11 is 0. The Hall–Kier alpha value is -3.68. The van der Waals surface area contributed by atoms with Gasteiger partial charge in [0.1, 0.15) is 18.4 Å². The van der Waals surface area contributed by atoms with Crippen molar-refractivity contribution in [2.75, 3.05) is 7.11 Å². The van der Waals surface area contributed by atoms with E-state index in [-0.39, 0.29) is 17.4 Å². The summed E-state index contributed by atoms with van der Waals surface area (Å²) in [5.74, 6) is -2.03. The predicted octanol–water partition coefficient (Wildman–Crippen LogP) is 5.27. The van der Waals surface area contributed by atoms with Crippen molar-refractivity contribution in [1.29, 1.82) is 5.26 Å². The lowest BCUT2D eigenvalue weighted by Gasteiger charge is -2.18. The van der Waals surface area contributed by atoms with E-state index in [2.05, 4.69) is 0 Å². The molecule has 5 nitrogen and oxygen atoms in total. The van der Waals surface area contributed by atoms with Crippen molar-refractivity contribution in [3.05, 3.63) is 70.3 Å². The average molecular weight is 445 g/mol. The number of benzene rings is 2. The Kier molecular flexibility index (Phi) is 6.84. The zero-order valence-corrected chi connectivity index (χ0v) is 15.6. The number of alkyl halides is 6. The number of carboxylic acid groups (broad SMARTS) is 1. The van der Waals surface area contributed by atoms with Crippen molar-refractivity contribution < 1.29 is 45.7 Å². The van der Waals surface area contributed by atoms with E-state index < -0.39 is 53.0 Å². The molecular formula is C20H13F6NO4. The molecule has 0 saturated heterocycles. The smallest absolute Gasteiger partial charge is 0.416 e. The van der Waals surface area contributed by atoms with Crippen LogP contribution in [-0.2, 0) is 28.5 Å². The molecule has 2 rings (SSSR count). The number of nitriles is 1. The molecule has 0 spiro atoms. The van der Waals surface area contributed by atoms with Crippen molar-refractivity contribution in [2.24, 2.45) is 0 Å². The molecule has 1 N–H and O–H groups in total. The Morgan fingerprint density at radius 3 is 2.26 bits per heavy atom. The van der Waals surface area contributed by atoms with Gasteiger partial charge in [0.05, 0.1) is 18.2 Å². The maximum Gasteiger partial charge on any atom is 0.416 e. The molecule has 0 aromatic heterocycles. The predicted molar refractivity (Wildman–Crippen MR) is 94.4 cm³/mol. The number of carbonyl (C=O) groups is 1. The van der Waals surface area contributed by atoms with Crippen LogP contribution in [0, 0.1) is 11.3 Å². The molecule has 0 bridgehead atoms. The number of hydrogen-bond donors (Lipinski definition) is 1. The molecule has 2 aromatic carbocycles. The van der Waals surface area contributed by atoms with Crippen molar-refractivity contribution in [3.63, 3.8) is 0 Å². The molecule has 0 aliphatic rings. The summed E-state index contributed by atoms with van der Waals surface area (Å²) < 4.78 is 88.6. The maximum atomic E-state index is 13.3. The summed E-state index contributed by atoms with van der Waals surface area (Å²) in [5.41, 5.74) is -4.67. The van der Waals surface area contributed by atoms with Gasteiger partial charge in [0, 0.05) is 11.1 Å². The molecule has 0 atom stereocenters. The van der Waals surface area contributed by atoms with E-state index in [4.69, 9.17) is 14.7 Å². The third-order valence-corrected chi connectivity index (χ3v) is 4.00. The monoisotopic (exact) mass is 445 g/mol. The second-order valence-electron chi connectivity index (χ2n) is 6.01. The van der Waals surface area contributed by atoms with Gasteiger partial charge in [0.2, 0.25) is 0 Å². The summed E-state index contributed by atoms with van der Waals surface area (Å²) in [7, 11) is 1.31. The van der Waals surface area contributed by atoms with E-state index >= 15 is 0 Å². The Morgan fingerprint density at radius 1 is 1.06 bits per heavy atom. The first-order valence-electron chi connectivity index (χ1n) is 8.30. The van der Waals surface area contributed by atoms with Crippen LogP contribution in [0.15, 0.2) is 48.0 Å². The quantitative estimate of drug-likeness (QED) is 0.284. The SMILES string of the molecule is COc1cccc(C(OCc2ccc(C(F)(F)F)cc2C(F)(F)F)=C(C#N)C(=O)O)c1. The first kappa shape index (κ1) is 23.6. The minimum atomic E-state index is -5.13. The fraction of sp³-hybridized carbons (Fsp3) is 0.200. The number of ether oxygens (including phenoxy) is 2. The highest BCUT2D eigenvalue weighted by atomic mass is 19.4. The number of methoxy groups -OCH3 is 1. The molecular weight excluding hydrogens is 432 g/mol. The number of rotatable bonds is 6. The summed E-state index contributed by atoms with van der Waals surface area (Å²) in [6, 6.07) is 7.90. The Bertz CT molecular complexity index is 1050. The fourth-order valence-corrected chi connectivity index (χ4v) is 2.55. The molecule has 0 saturated carbocycles. The van der Waals surface area contributed by atoms with Crippen LogP contribution < -0.4 is 4.74 Å². The third kappa shape index (κ3) is 5.69. The van der Waals surface area contributed by atoms with E-state index in [1.54, 1.807) is 0 Å². The number of carboxylic acids is 1. The highest BCUT2D eigenvalue weighted by Crippen LogP contribution is 2.38. The van der Waals surface area contributed by atoms with E-state index in [1.165, 1.54) is 37.4 Å². The first-order valence-corrected chi connectivity index (χ1v) is 8.30. The van der Waals surface area contributed by atoms with Gasteiger partial charge in [0.25, 0.3) is 0 Å². The fourth-order valence-electron chi connectivity index (χ4n) is 2.55. The van der Waals surface area contributed by atoms with Gasteiger partial charge in [-0.25, -0.2) is 4.79 Å². The van der Waals surface area contributed by atoms with Crippen LogP contribution >= 0.6 is 0 Å². The van der Waals surface area contributed by atoms with Gasteiger partial charge >= 0.3 is 18.3 Å². The molecule has 0 amide bonds. The molecule has 0 aliphatic heterocycles. The summed E-state index contributed by atoms with van der Waals surface area (Å²) in [5, 5.41) is 18.4. The lowest BCUT2D eigenvalue weighted by Crippen LogP contribution is -2.14. The van der Waals surface area contributed by atoms with E-state index in [1.807, 2.05) is 0 Å². The van der Waals surface area contributed by atoms with Crippen LogP contribution in [0.25, 0.3) is 5.76 Å². The minimum absolute atomic E-state index is 0.0128. The normalized spacial score (nSPS) is 12.6. The summed E-state index contributed by atoms with van der Waals surface area (Å²) in [6.45, 7) is -0.946. The minimum Gasteiger partial charge on any atom is -0.497 e. The molecule has 0 heterocycles. The molecule has 0 fully saturated rings. The average Bonchev–Trinajstić information content (AvgIpc) is 2.69. The third-order valence-electron chi connectivity index (χ3n) is 4.00. The largest absolute Gasteiger partial charge is 0.497 e. The summed E-state index contributed by atoms with van der Waals surface area (Å²) in [4.78, 5) is 11.4. The van der Waals surface area contributed by atoms with Crippen LogP contribution in [0.4, 0.5) is 26.3 Å². The van der Waals surface area contributed by atoms with Gasteiger partial charge in [-0.1, -0.05) is 18.2 Å². The van der Waals surface area contributed by atoms with Crippen LogP contribution in [0.2, 0.25) is 0 Å². The van der Waals surface area contributed by atoms with Crippen LogP contribution in [-0.4, -0.2) is 18.2 Å². The second kappa shape index (κ2) is 8.99. The highest BCUT2D eigenvalue weighted by molar-refractivity contribution is 5.99. The topological polar surface area (TPSA) is 79.5 Å². The van der Waals surface area contributed by atoms with Gasteiger partial charge < -0.3 is 14.6 Å². The van der Waals surface area contributed by atoms with Crippen LogP contribution in [0.1, 0.15) is 22.3 Å². The van der Waals surface area contributed by atoms with E-state index in [0.717, 1.165) is 0 Å². The molecule has 11 heteroatoms. The number of hydrogen-bond acceptors (Lipinski definition) is 4. The molecule has 164 valence electrons. The molecule has 0 radical (unpaired) electrons. The van der Waals surface area contributed by atoms with Crippen molar-refractivity contribution in [1.82, 2.24) is 0 Å². The Balaban J connectivity index is 2.53. The van der Waals surface area contributed by atoms with Crippen molar-refractivity contribution >= 4 is 11.7 Å². The van der Waals surface area contributed by atoms with Gasteiger partial charge in [0.15, 0.2) is 11.3 Å². The summed E-state index contributed by atoms with van der Waals surface area (Å²) in [6.07, 6.45) is -10.1. The van der Waals surface area contributed by atoms with Gasteiger partial charge in [-0.2, -0.15) is 31.6 Å². The number of nitrogens with zero attached hydrogens (tertiary/aromatic N) is 1. The Morgan fingerprint density at radius 2 is 1.74 bits per heavy atom. The van der Waals surface area contributed by atoms with Gasteiger partial charge in [-0.15, -0.1) is 0 Å². The van der Waals surface area contributed by atoms with Gasteiger partial charge in [-0.3, -0.25) is 0 Å². The maximum absolute atomic E-state index is 13.3. The molecule has 2 aromatic rings. The van der Waals surface area contributed by atoms with Crippen molar-refractivity contribution in [2.45, 2.75) is 19.0 Å². The van der Waals surface area contributed by atoms with Gasteiger partial charge in [-0.05, 0) is 24.3 Å². The number of aliphatic carboxylic acids is 1. The second-order valence-corrected chi connectivity index (χ2v) is 6.01. The zero-order valence-electron chi connectivity index (χ0n) is 15.6. The van der Waals surface area contributed by atoms with Crippen LogP contribution in [0.5, 0.6) is 5.75 Å². The van der Waals surface area contributed by atoms with E-state index in [0.29, 0.717) is 12.1 Å². The molecule has 0 aliphatic carbocycles. The lowest BCUT2D eigenvalue weighted by atomic mass is 10.0. The van der Waals surface area contributed by atoms with E-state index in [9.17, 15) is 36.2 Å². The zero-order chi connectivity index (χ0) is 23.4. The highest BCUT2D eigenvalue weighted by Gasteiger charge is 2.38. The lowest BCUT2D eigenvalue weighted by molar-refractivity contribution is -0.143. The molecule has 0 unspecified atom stereocenters. The van der Waals surface area contributed by atoms with Crippen LogP contribution in [0.3, 0.4) is 0 Å². The first-order chi connectivity index (χ1) is 14.4.